The van der Waals surface area contributed by atoms with Gasteiger partial charge in [-0.2, -0.15) is 0 Å². The summed E-state index contributed by atoms with van der Waals surface area (Å²) in [6, 6.07) is 20.6. The molecule has 0 saturated carbocycles. The zero-order chi connectivity index (χ0) is 30.9. The third kappa shape index (κ3) is 9.22. The van der Waals surface area contributed by atoms with E-state index < -0.39 is 28.5 Å². The average molecular weight is 661 g/mol. The summed E-state index contributed by atoms with van der Waals surface area (Å²) in [7, 11) is -1.04. The molecule has 0 radical (unpaired) electrons. The number of hydrogen-bond acceptors (Lipinski definition) is 6. The molecular formula is C31H38BrN3O6S. The highest BCUT2D eigenvalue weighted by Gasteiger charge is 2.33. The van der Waals surface area contributed by atoms with Crippen molar-refractivity contribution in [2.75, 3.05) is 37.9 Å². The van der Waals surface area contributed by atoms with Gasteiger partial charge in [-0.25, -0.2) is 8.42 Å². The number of halogens is 1. The van der Waals surface area contributed by atoms with Gasteiger partial charge < -0.3 is 19.7 Å². The highest BCUT2D eigenvalue weighted by molar-refractivity contribution is 9.10. The molecule has 0 unspecified atom stereocenters. The first-order valence-corrected chi connectivity index (χ1v) is 16.1. The summed E-state index contributed by atoms with van der Waals surface area (Å²) < 4.78 is 38.7. The summed E-state index contributed by atoms with van der Waals surface area (Å²) in [5.41, 5.74) is 1.84. The Morgan fingerprint density at radius 3 is 2.17 bits per heavy atom. The molecule has 0 aliphatic rings. The summed E-state index contributed by atoms with van der Waals surface area (Å²) in [6.07, 6.45) is 1.28. The molecule has 0 aliphatic carbocycles. The zero-order valence-electron chi connectivity index (χ0n) is 24.5. The maximum absolute atomic E-state index is 14.2. The Hall–Kier alpha value is -3.57. The topological polar surface area (TPSA) is 105 Å². The minimum atomic E-state index is -3.95. The molecular weight excluding hydrogens is 622 g/mol. The maximum Gasteiger partial charge on any atom is 0.244 e. The number of nitrogens with one attached hydrogen (secondary N) is 1. The monoisotopic (exact) mass is 659 g/mol. The van der Waals surface area contributed by atoms with Crippen LogP contribution in [0.15, 0.2) is 77.3 Å². The first kappa shape index (κ1) is 32.9. The zero-order valence-corrected chi connectivity index (χ0v) is 26.9. The van der Waals surface area contributed by atoms with Crippen molar-refractivity contribution in [1.82, 2.24) is 10.2 Å². The number of anilines is 1. The van der Waals surface area contributed by atoms with Gasteiger partial charge in [0.2, 0.25) is 21.8 Å². The second-order valence-corrected chi connectivity index (χ2v) is 13.1. The summed E-state index contributed by atoms with van der Waals surface area (Å²) in [6.45, 7) is 3.97. The van der Waals surface area contributed by atoms with Crippen LogP contribution in [0.5, 0.6) is 11.5 Å². The van der Waals surface area contributed by atoms with Gasteiger partial charge in [-0.3, -0.25) is 13.9 Å². The molecule has 0 fully saturated rings. The van der Waals surface area contributed by atoms with Gasteiger partial charge in [-0.15, -0.1) is 0 Å². The Labute approximate surface area is 257 Å². The molecule has 0 aromatic heterocycles. The van der Waals surface area contributed by atoms with Crippen molar-refractivity contribution in [3.05, 3.63) is 88.4 Å². The molecule has 0 bridgehead atoms. The molecule has 0 saturated heterocycles. The summed E-state index contributed by atoms with van der Waals surface area (Å²) >= 11 is 3.44. The Kier molecular flexibility index (Phi) is 11.8. The van der Waals surface area contributed by atoms with E-state index in [1.807, 2.05) is 68.4 Å². The van der Waals surface area contributed by atoms with Crippen molar-refractivity contribution < 1.29 is 27.5 Å². The van der Waals surface area contributed by atoms with Gasteiger partial charge in [0.1, 0.15) is 24.1 Å². The number of nitrogens with zero attached hydrogens (tertiary/aromatic N) is 2. The van der Waals surface area contributed by atoms with Crippen LogP contribution in [0, 0.1) is 5.92 Å². The van der Waals surface area contributed by atoms with Crippen molar-refractivity contribution in [3.63, 3.8) is 0 Å². The van der Waals surface area contributed by atoms with Gasteiger partial charge in [0.15, 0.2) is 0 Å². The van der Waals surface area contributed by atoms with Crippen LogP contribution in [-0.4, -0.2) is 64.7 Å². The number of rotatable bonds is 14. The predicted octanol–water partition coefficient (Wildman–Crippen LogP) is 4.64. The molecule has 1 N–H and O–H groups in total. The van der Waals surface area contributed by atoms with Crippen molar-refractivity contribution in [3.8, 4) is 11.5 Å². The smallest absolute Gasteiger partial charge is 0.244 e. The Balaban J connectivity index is 2.08. The van der Waals surface area contributed by atoms with Gasteiger partial charge in [-0.1, -0.05) is 72.2 Å². The van der Waals surface area contributed by atoms with Crippen LogP contribution in [0.25, 0.3) is 0 Å². The van der Waals surface area contributed by atoms with E-state index in [1.165, 1.54) is 25.2 Å². The van der Waals surface area contributed by atoms with Crippen LogP contribution in [0.3, 0.4) is 0 Å². The summed E-state index contributed by atoms with van der Waals surface area (Å²) in [5.74, 6) is 0.0394. The van der Waals surface area contributed by atoms with Gasteiger partial charge >= 0.3 is 0 Å². The Morgan fingerprint density at radius 2 is 1.60 bits per heavy atom. The molecule has 1 atom stereocenters. The molecule has 3 aromatic rings. The number of hydrogen-bond donors (Lipinski definition) is 1. The second-order valence-electron chi connectivity index (χ2n) is 10.3. The minimum Gasteiger partial charge on any atom is -0.497 e. The predicted molar refractivity (Wildman–Crippen MR) is 168 cm³/mol. The molecule has 2 amide bonds. The highest BCUT2D eigenvalue weighted by atomic mass is 79.9. The fraction of sp³-hybridized carbons (Fsp3) is 0.355. The molecule has 11 heteroatoms. The fourth-order valence-electron chi connectivity index (χ4n) is 4.35. The Morgan fingerprint density at radius 1 is 0.929 bits per heavy atom. The van der Waals surface area contributed by atoms with E-state index in [4.69, 9.17) is 9.47 Å². The van der Waals surface area contributed by atoms with Crippen LogP contribution in [0.1, 0.15) is 25.0 Å². The fourth-order valence-corrected chi connectivity index (χ4v) is 5.47. The highest BCUT2D eigenvalue weighted by Crippen LogP contribution is 2.34. The van der Waals surface area contributed by atoms with Crippen molar-refractivity contribution in [2.45, 2.75) is 32.9 Å². The van der Waals surface area contributed by atoms with E-state index in [0.717, 1.165) is 26.2 Å². The van der Waals surface area contributed by atoms with E-state index in [-0.39, 0.29) is 36.2 Å². The number of ether oxygens (including phenoxy) is 2. The average Bonchev–Trinajstić information content (AvgIpc) is 2.96. The van der Waals surface area contributed by atoms with E-state index in [1.54, 1.807) is 12.1 Å². The molecule has 0 heterocycles. The number of sulfonamides is 1. The lowest BCUT2D eigenvalue weighted by Gasteiger charge is -2.34. The molecule has 0 spiro atoms. The number of methoxy groups -OCH3 is 2. The lowest BCUT2D eigenvalue weighted by Crippen LogP contribution is -2.53. The molecule has 3 rings (SSSR count). The molecule has 3 aromatic carbocycles. The Bertz CT molecular complexity index is 1450. The summed E-state index contributed by atoms with van der Waals surface area (Å²) in [5, 5.41) is 2.97. The molecule has 0 aliphatic heterocycles. The van der Waals surface area contributed by atoms with Gasteiger partial charge in [0.05, 0.1) is 26.2 Å². The van der Waals surface area contributed by atoms with Crippen LogP contribution in [-0.2, 0) is 32.6 Å². The molecule has 42 heavy (non-hydrogen) atoms. The van der Waals surface area contributed by atoms with E-state index >= 15 is 0 Å². The van der Waals surface area contributed by atoms with Crippen LogP contribution < -0.4 is 19.1 Å². The van der Waals surface area contributed by atoms with Gasteiger partial charge in [-0.05, 0) is 41.3 Å². The maximum atomic E-state index is 14.2. The normalized spacial score (nSPS) is 12.0. The third-order valence-corrected chi connectivity index (χ3v) is 8.21. The number of amides is 2. The van der Waals surface area contributed by atoms with Crippen LogP contribution in [0.4, 0.5) is 5.69 Å². The number of carbonyl (C=O) groups excluding carboxylic acids is 2. The van der Waals surface area contributed by atoms with Crippen LogP contribution >= 0.6 is 15.9 Å². The first-order chi connectivity index (χ1) is 19.9. The lowest BCUT2D eigenvalue weighted by atomic mass is 10.0. The largest absolute Gasteiger partial charge is 0.497 e. The second kappa shape index (κ2) is 15.1. The van der Waals surface area contributed by atoms with E-state index in [0.29, 0.717) is 12.3 Å². The SMILES string of the molecule is COc1ccc(N(CC(=O)N(Cc2ccc(Br)cc2)[C@@H](Cc2ccccc2)C(=O)NCC(C)C)S(C)(=O)=O)c(OC)c1. The van der Waals surface area contributed by atoms with E-state index in [9.17, 15) is 18.0 Å². The van der Waals surface area contributed by atoms with E-state index in [2.05, 4.69) is 21.2 Å². The third-order valence-electron chi connectivity index (χ3n) is 6.56. The van der Waals surface area contributed by atoms with Crippen LogP contribution in [0.2, 0.25) is 0 Å². The van der Waals surface area contributed by atoms with Crippen molar-refractivity contribution in [1.29, 1.82) is 0 Å². The van der Waals surface area contributed by atoms with Gasteiger partial charge in [0.25, 0.3) is 0 Å². The molecule has 9 nitrogen and oxygen atoms in total. The van der Waals surface area contributed by atoms with Crippen molar-refractivity contribution in [2.24, 2.45) is 5.92 Å². The minimum absolute atomic E-state index is 0.0933. The number of benzene rings is 3. The first-order valence-electron chi connectivity index (χ1n) is 13.5. The quantitative estimate of drug-likeness (QED) is 0.270. The number of carbonyl (C=O) groups is 2. The van der Waals surface area contributed by atoms with Crippen molar-refractivity contribution >= 4 is 43.5 Å². The standard InChI is InChI=1S/C31H38BrN3O6S/c1-22(2)19-33-31(37)28(17-23-9-7-6-8-10-23)34(20-24-11-13-25(32)14-12-24)30(36)21-35(42(5,38)39)27-16-15-26(40-3)18-29(27)41-4/h6-16,18,22,28H,17,19-21H2,1-5H3,(H,33,37)/t28-/m0/s1. The lowest BCUT2D eigenvalue weighted by molar-refractivity contribution is -0.140. The summed E-state index contributed by atoms with van der Waals surface area (Å²) in [4.78, 5) is 29.4. The molecule has 226 valence electrons. The van der Waals surface area contributed by atoms with Gasteiger partial charge in [0, 0.05) is 30.0 Å².